The molecule has 1 aliphatic rings. The third-order valence-corrected chi connectivity index (χ3v) is 8.38. The standard InChI is InChI=1S/C27H24N2O3S2/c1-17-12-14-18(15-13-17)28-25(30)21-16-33-26-24(23(21)20-10-6-7-11-22(20)32-2)34-27(31)29(26)19-8-4-3-5-9-19/h3-15,21,23H,16H2,1-2H3,(H,28,30). The van der Waals surface area contributed by atoms with Crippen molar-refractivity contribution in [3.05, 3.63) is 105 Å². The molecule has 34 heavy (non-hydrogen) atoms. The number of anilines is 1. The molecule has 0 aliphatic carbocycles. The number of aromatic nitrogens is 1. The Hall–Kier alpha value is -3.29. The highest BCUT2D eigenvalue weighted by Gasteiger charge is 2.40. The normalized spacial score (nSPS) is 17.1. The molecule has 7 heteroatoms. The van der Waals surface area contributed by atoms with Crippen LogP contribution < -0.4 is 14.9 Å². The maximum atomic E-state index is 13.6. The van der Waals surface area contributed by atoms with Gasteiger partial charge in [-0.15, -0.1) is 11.8 Å². The summed E-state index contributed by atoms with van der Waals surface area (Å²) in [6.07, 6.45) is 0. The van der Waals surface area contributed by atoms with Crippen LogP contribution in [0.2, 0.25) is 0 Å². The van der Waals surface area contributed by atoms with Crippen LogP contribution >= 0.6 is 23.1 Å². The number of ether oxygens (including phenoxy) is 1. The van der Waals surface area contributed by atoms with E-state index in [0.29, 0.717) is 11.5 Å². The molecule has 3 aromatic carbocycles. The molecule has 5 nitrogen and oxygen atoms in total. The Labute approximate surface area is 206 Å². The second kappa shape index (κ2) is 9.52. The van der Waals surface area contributed by atoms with Gasteiger partial charge in [-0.3, -0.25) is 14.2 Å². The molecule has 0 radical (unpaired) electrons. The molecular formula is C27H24N2O3S2. The van der Waals surface area contributed by atoms with E-state index in [0.717, 1.165) is 32.4 Å². The van der Waals surface area contributed by atoms with Crippen LogP contribution in [0.5, 0.6) is 5.75 Å². The van der Waals surface area contributed by atoms with Crippen molar-refractivity contribution in [2.45, 2.75) is 17.9 Å². The molecule has 2 atom stereocenters. The van der Waals surface area contributed by atoms with Crippen LogP contribution in [0.1, 0.15) is 21.9 Å². The van der Waals surface area contributed by atoms with Crippen LogP contribution in [0.25, 0.3) is 5.69 Å². The highest BCUT2D eigenvalue weighted by atomic mass is 32.2. The Morgan fingerprint density at radius 1 is 1.00 bits per heavy atom. The number of nitrogens with one attached hydrogen (secondary N) is 1. The van der Waals surface area contributed by atoms with Crippen molar-refractivity contribution in [3.8, 4) is 11.4 Å². The summed E-state index contributed by atoms with van der Waals surface area (Å²) in [4.78, 5) is 27.6. The number of methoxy groups -OCH3 is 1. The summed E-state index contributed by atoms with van der Waals surface area (Å²) >= 11 is 2.78. The first-order chi connectivity index (χ1) is 16.6. The lowest BCUT2D eigenvalue weighted by atomic mass is 9.84. The molecule has 2 unspecified atom stereocenters. The fourth-order valence-corrected chi connectivity index (χ4v) is 7.04. The fraction of sp³-hybridized carbons (Fsp3) is 0.185. The molecule has 172 valence electrons. The molecule has 1 N–H and O–H groups in total. The molecule has 0 bridgehead atoms. The first-order valence-electron chi connectivity index (χ1n) is 11.0. The number of thioether (sulfide) groups is 1. The Morgan fingerprint density at radius 3 is 2.44 bits per heavy atom. The zero-order valence-electron chi connectivity index (χ0n) is 18.9. The number of nitrogens with zero attached hydrogens (tertiary/aromatic N) is 1. The number of amides is 1. The number of benzene rings is 3. The molecule has 5 rings (SSSR count). The summed E-state index contributed by atoms with van der Waals surface area (Å²) in [6.45, 7) is 2.02. The van der Waals surface area contributed by atoms with Gasteiger partial charge in [-0.05, 0) is 37.3 Å². The average molecular weight is 489 g/mol. The molecule has 1 amide bonds. The monoisotopic (exact) mass is 488 g/mol. The summed E-state index contributed by atoms with van der Waals surface area (Å²) in [5, 5.41) is 3.99. The third-order valence-electron chi connectivity index (χ3n) is 6.02. The maximum absolute atomic E-state index is 13.6. The van der Waals surface area contributed by atoms with E-state index in [2.05, 4.69) is 5.32 Å². The molecule has 0 saturated heterocycles. The average Bonchev–Trinajstić information content (AvgIpc) is 3.21. The van der Waals surface area contributed by atoms with Crippen LogP contribution in [0, 0.1) is 12.8 Å². The summed E-state index contributed by atoms with van der Waals surface area (Å²) < 4.78 is 7.44. The number of para-hydroxylation sites is 2. The van der Waals surface area contributed by atoms with E-state index in [4.69, 9.17) is 4.74 Å². The van der Waals surface area contributed by atoms with Gasteiger partial charge in [0.25, 0.3) is 0 Å². The number of fused-ring (bicyclic) bond motifs is 1. The van der Waals surface area contributed by atoms with Gasteiger partial charge < -0.3 is 10.1 Å². The van der Waals surface area contributed by atoms with E-state index < -0.39 is 0 Å². The van der Waals surface area contributed by atoms with Gasteiger partial charge in [-0.2, -0.15) is 0 Å². The lowest BCUT2D eigenvalue weighted by molar-refractivity contribution is -0.119. The number of hydrogen-bond donors (Lipinski definition) is 1. The first kappa shape index (κ1) is 22.5. The van der Waals surface area contributed by atoms with Crippen LogP contribution in [-0.4, -0.2) is 23.3 Å². The van der Waals surface area contributed by atoms with Crippen LogP contribution in [0.3, 0.4) is 0 Å². The van der Waals surface area contributed by atoms with E-state index in [9.17, 15) is 9.59 Å². The predicted molar refractivity (Wildman–Crippen MR) is 139 cm³/mol. The van der Waals surface area contributed by atoms with Crippen molar-refractivity contribution < 1.29 is 9.53 Å². The Morgan fingerprint density at radius 2 is 1.71 bits per heavy atom. The second-order valence-electron chi connectivity index (χ2n) is 8.20. The summed E-state index contributed by atoms with van der Waals surface area (Å²) in [6, 6.07) is 25.2. The largest absolute Gasteiger partial charge is 0.496 e. The van der Waals surface area contributed by atoms with Crippen molar-refractivity contribution in [2.24, 2.45) is 5.92 Å². The zero-order chi connectivity index (χ0) is 23.7. The molecular weight excluding hydrogens is 464 g/mol. The molecule has 0 spiro atoms. The number of rotatable bonds is 5. The highest BCUT2D eigenvalue weighted by Crippen LogP contribution is 2.49. The van der Waals surface area contributed by atoms with Gasteiger partial charge in [0.05, 0.1) is 23.7 Å². The van der Waals surface area contributed by atoms with E-state index in [-0.39, 0.29) is 22.6 Å². The highest BCUT2D eigenvalue weighted by molar-refractivity contribution is 7.99. The maximum Gasteiger partial charge on any atom is 0.312 e. The lowest BCUT2D eigenvalue weighted by Gasteiger charge is -2.31. The van der Waals surface area contributed by atoms with E-state index >= 15 is 0 Å². The van der Waals surface area contributed by atoms with Crippen molar-refractivity contribution in [3.63, 3.8) is 0 Å². The Bertz CT molecular complexity index is 1380. The second-order valence-corrected chi connectivity index (χ2v) is 10.2. The molecule has 1 aromatic heterocycles. The smallest absolute Gasteiger partial charge is 0.312 e. The van der Waals surface area contributed by atoms with Crippen LogP contribution in [0.15, 0.2) is 88.7 Å². The van der Waals surface area contributed by atoms with Crippen molar-refractivity contribution in [1.29, 1.82) is 0 Å². The number of carbonyl (C=O) groups excluding carboxylic acids is 1. The van der Waals surface area contributed by atoms with Gasteiger partial charge in [0.1, 0.15) is 5.75 Å². The molecule has 0 fully saturated rings. The van der Waals surface area contributed by atoms with Gasteiger partial charge in [-0.25, -0.2) is 0 Å². The van der Waals surface area contributed by atoms with Crippen molar-refractivity contribution >= 4 is 34.7 Å². The van der Waals surface area contributed by atoms with Gasteiger partial charge in [0, 0.05) is 27.8 Å². The minimum atomic E-state index is -0.364. The Kier molecular flexibility index (Phi) is 6.30. The van der Waals surface area contributed by atoms with Crippen LogP contribution in [-0.2, 0) is 4.79 Å². The van der Waals surface area contributed by atoms with E-state index in [1.165, 1.54) is 11.3 Å². The zero-order valence-corrected chi connectivity index (χ0v) is 20.5. The number of thiazole rings is 1. The number of hydrogen-bond acceptors (Lipinski definition) is 5. The predicted octanol–water partition coefficient (Wildman–Crippen LogP) is 5.71. The quantitative estimate of drug-likeness (QED) is 0.391. The minimum Gasteiger partial charge on any atom is -0.496 e. The summed E-state index contributed by atoms with van der Waals surface area (Å²) in [5.41, 5.74) is 3.64. The Balaban J connectivity index is 1.61. The lowest BCUT2D eigenvalue weighted by Crippen LogP contribution is -2.33. The van der Waals surface area contributed by atoms with Crippen LogP contribution in [0.4, 0.5) is 5.69 Å². The van der Waals surface area contributed by atoms with Crippen molar-refractivity contribution in [2.75, 3.05) is 18.2 Å². The van der Waals surface area contributed by atoms with E-state index in [1.807, 2.05) is 85.8 Å². The fourth-order valence-electron chi connectivity index (χ4n) is 4.34. The van der Waals surface area contributed by atoms with Crippen molar-refractivity contribution in [1.82, 2.24) is 4.57 Å². The summed E-state index contributed by atoms with van der Waals surface area (Å²) in [5.74, 6) is 0.546. The van der Waals surface area contributed by atoms with Gasteiger partial charge in [0.15, 0.2) is 0 Å². The first-order valence-corrected chi connectivity index (χ1v) is 12.8. The number of aryl methyl sites for hydroxylation is 1. The molecule has 4 aromatic rings. The SMILES string of the molecule is COc1ccccc1C1c2sc(=O)n(-c3ccccc3)c2SCC1C(=O)Nc1ccc(C)cc1. The van der Waals surface area contributed by atoms with E-state index in [1.54, 1.807) is 23.4 Å². The van der Waals surface area contributed by atoms with Gasteiger partial charge >= 0.3 is 4.87 Å². The third kappa shape index (κ3) is 4.17. The topological polar surface area (TPSA) is 60.3 Å². The minimum absolute atomic E-state index is 0.0526. The molecule has 0 saturated carbocycles. The van der Waals surface area contributed by atoms with Gasteiger partial charge in [0.2, 0.25) is 5.91 Å². The van der Waals surface area contributed by atoms with Gasteiger partial charge in [-0.1, -0.05) is 65.4 Å². The molecule has 1 aliphatic heterocycles. The molecule has 2 heterocycles. The number of carbonyl (C=O) groups is 1. The summed E-state index contributed by atoms with van der Waals surface area (Å²) in [7, 11) is 1.64.